The van der Waals surface area contributed by atoms with Gasteiger partial charge in [0.25, 0.3) is 0 Å². The lowest BCUT2D eigenvalue weighted by atomic mass is 10.1. The number of aromatic nitrogens is 2. The third-order valence-electron chi connectivity index (χ3n) is 3.29. The fourth-order valence-electron chi connectivity index (χ4n) is 2.32. The predicted molar refractivity (Wildman–Crippen MR) is 78.1 cm³/mol. The zero-order chi connectivity index (χ0) is 13.7. The van der Waals surface area contributed by atoms with E-state index in [1.165, 1.54) is 0 Å². The standard InChI is InChI=1S/C13H22N4OS/c1-3-8-19-10-12(18)17-7-4-14-9-11(17)13-15-5-6-16(13)2/h5-6,11,14H,3-4,7-10H2,1-2H3. The zero-order valence-electron chi connectivity index (χ0n) is 11.6. The van der Waals surface area contributed by atoms with Crippen LogP contribution < -0.4 is 5.32 Å². The van der Waals surface area contributed by atoms with Crippen molar-refractivity contribution < 1.29 is 4.79 Å². The number of carbonyl (C=O) groups excluding carboxylic acids is 1. The minimum Gasteiger partial charge on any atom is -0.336 e. The number of piperazine rings is 1. The summed E-state index contributed by atoms with van der Waals surface area (Å²) in [7, 11) is 1.98. The number of nitrogens with one attached hydrogen (secondary N) is 1. The summed E-state index contributed by atoms with van der Waals surface area (Å²) in [6.07, 6.45) is 4.83. The number of aryl methyl sites for hydroxylation is 1. The molecule has 106 valence electrons. The van der Waals surface area contributed by atoms with E-state index in [9.17, 15) is 4.79 Å². The van der Waals surface area contributed by atoms with E-state index in [0.717, 1.165) is 37.6 Å². The molecule has 19 heavy (non-hydrogen) atoms. The van der Waals surface area contributed by atoms with E-state index >= 15 is 0 Å². The van der Waals surface area contributed by atoms with Crippen LogP contribution in [0.25, 0.3) is 0 Å². The summed E-state index contributed by atoms with van der Waals surface area (Å²) >= 11 is 1.72. The second-order valence-electron chi connectivity index (χ2n) is 4.76. The normalized spacial score (nSPS) is 19.7. The molecule has 0 saturated carbocycles. The van der Waals surface area contributed by atoms with Crippen LogP contribution in [0, 0.1) is 0 Å². The molecule has 1 aromatic rings. The van der Waals surface area contributed by atoms with Crippen LogP contribution in [0.5, 0.6) is 0 Å². The first-order valence-electron chi connectivity index (χ1n) is 6.79. The van der Waals surface area contributed by atoms with E-state index < -0.39 is 0 Å². The highest BCUT2D eigenvalue weighted by Crippen LogP contribution is 2.21. The van der Waals surface area contributed by atoms with Gasteiger partial charge in [-0.1, -0.05) is 6.92 Å². The largest absolute Gasteiger partial charge is 0.336 e. The van der Waals surface area contributed by atoms with E-state index in [4.69, 9.17) is 0 Å². The quantitative estimate of drug-likeness (QED) is 0.820. The molecule has 2 heterocycles. The summed E-state index contributed by atoms with van der Waals surface area (Å²) in [5.41, 5.74) is 0. The van der Waals surface area contributed by atoms with Gasteiger partial charge < -0.3 is 14.8 Å². The topological polar surface area (TPSA) is 50.2 Å². The van der Waals surface area contributed by atoms with Gasteiger partial charge in [0.05, 0.1) is 5.75 Å². The molecule has 0 bridgehead atoms. The predicted octanol–water partition coefficient (Wildman–Crippen LogP) is 1.04. The first-order chi connectivity index (χ1) is 9.24. The van der Waals surface area contributed by atoms with Crippen molar-refractivity contribution in [1.82, 2.24) is 19.8 Å². The molecule has 1 amide bonds. The minimum absolute atomic E-state index is 0.0588. The third kappa shape index (κ3) is 3.51. The Labute approximate surface area is 118 Å². The summed E-state index contributed by atoms with van der Waals surface area (Å²) in [4.78, 5) is 18.7. The third-order valence-corrected chi connectivity index (χ3v) is 4.44. The summed E-state index contributed by atoms with van der Waals surface area (Å²) in [5, 5.41) is 3.35. The van der Waals surface area contributed by atoms with Crippen molar-refractivity contribution in [2.24, 2.45) is 7.05 Å². The Morgan fingerprint density at radius 1 is 1.63 bits per heavy atom. The van der Waals surface area contributed by atoms with Crippen molar-refractivity contribution in [1.29, 1.82) is 0 Å². The molecule has 0 aliphatic carbocycles. The number of nitrogens with zero attached hydrogens (tertiary/aromatic N) is 3. The van der Waals surface area contributed by atoms with Gasteiger partial charge in [-0.25, -0.2) is 4.98 Å². The van der Waals surface area contributed by atoms with E-state index in [-0.39, 0.29) is 11.9 Å². The molecule has 1 aromatic heterocycles. The molecule has 6 heteroatoms. The molecule has 1 N–H and O–H groups in total. The fourth-order valence-corrected chi connectivity index (χ4v) is 3.09. The number of thioether (sulfide) groups is 1. The molecule has 0 radical (unpaired) electrons. The van der Waals surface area contributed by atoms with Crippen LogP contribution in [0.1, 0.15) is 25.2 Å². The number of amides is 1. The lowest BCUT2D eigenvalue weighted by Crippen LogP contribution is -2.50. The zero-order valence-corrected chi connectivity index (χ0v) is 12.4. The van der Waals surface area contributed by atoms with Crippen molar-refractivity contribution in [3.05, 3.63) is 18.2 Å². The van der Waals surface area contributed by atoms with Crippen LogP contribution in [0.2, 0.25) is 0 Å². The maximum Gasteiger partial charge on any atom is 0.233 e. The molecule has 0 spiro atoms. The van der Waals surface area contributed by atoms with E-state index in [1.807, 2.05) is 22.7 Å². The number of carbonyl (C=O) groups is 1. The van der Waals surface area contributed by atoms with Gasteiger partial charge in [-0.2, -0.15) is 11.8 Å². The number of rotatable bonds is 5. The monoisotopic (exact) mass is 282 g/mol. The summed E-state index contributed by atoms with van der Waals surface area (Å²) < 4.78 is 2.00. The molecule has 1 unspecified atom stereocenters. The fraction of sp³-hybridized carbons (Fsp3) is 0.692. The maximum absolute atomic E-state index is 12.3. The Kier molecular flexibility index (Phi) is 5.27. The van der Waals surface area contributed by atoms with Crippen molar-refractivity contribution in [3.8, 4) is 0 Å². The van der Waals surface area contributed by atoms with Gasteiger partial charge in [0, 0.05) is 39.1 Å². The van der Waals surface area contributed by atoms with Crippen molar-refractivity contribution in [2.75, 3.05) is 31.1 Å². The second kappa shape index (κ2) is 6.96. The molecule has 1 aliphatic heterocycles. The van der Waals surface area contributed by atoms with Gasteiger partial charge in [-0.05, 0) is 12.2 Å². The summed E-state index contributed by atoms with van der Waals surface area (Å²) in [6.45, 7) is 4.56. The molecule has 1 aliphatic rings. The maximum atomic E-state index is 12.3. The summed E-state index contributed by atoms with van der Waals surface area (Å²) in [6, 6.07) is 0.0588. The van der Waals surface area contributed by atoms with Crippen LogP contribution in [0.3, 0.4) is 0 Å². The number of imidazole rings is 1. The van der Waals surface area contributed by atoms with E-state index in [2.05, 4.69) is 17.2 Å². The van der Waals surface area contributed by atoms with E-state index in [0.29, 0.717) is 5.75 Å². The van der Waals surface area contributed by atoms with Crippen LogP contribution >= 0.6 is 11.8 Å². The van der Waals surface area contributed by atoms with Crippen LogP contribution in [-0.4, -0.2) is 51.5 Å². The second-order valence-corrected chi connectivity index (χ2v) is 5.86. The molecule has 1 atom stereocenters. The highest BCUT2D eigenvalue weighted by Gasteiger charge is 2.29. The average molecular weight is 282 g/mol. The minimum atomic E-state index is 0.0588. The smallest absolute Gasteiger partial charge is 0.233 e. The van der Waals surface area contributed by atoms with Gasteiger partial charge in [-0.15, -0.1) is 0 Å². The molecular weight excluding hydrogens is 260 g/mol. The first kappa shape index (κ1) is 14.4. The van der Waals surface area contributed by atoms with E-state index in [1.54, 1.807) is 18.0 Å². The van der Waals surface area contributed by atoms with Crippen LogP contribution in [0.15, 0.2) is 12.4 Å². The number of hydrogen-bond donors (Lipinski definition) is 1. The molecular formula is C13H22N4OS. The van der Waals surface area contributed by atoms with Gasteiger partial charge in [-0.3, -0.25) is 4.79 Å². The Balaban J connectivity index is 2.04. The molecule has 5 nitrogen and oxygen atoms in total. The highest BCUT2D eigenvalue weighted by molar-refractivity contribution is 7.99. The Morgan fingerprint density at radius 3 is 3.16 bits per heavy atom. The van der Waals surface area contributed by atoms with Gasteiger partial charge in [0.1, 0.15) is 11.9 Å². The average Bonchev–Trinajstić information content (AvgIpc) is 2.85. The van der Waals surface area contributed by atoms with Crippen LogP contribution in [0.4, 0.5) is 0 Å². The van der Waals surface area contributed by atoms with Crippen molar-refractivity contribution >= 4 is 17.7 Å². The Morgan fingerprint density at radius 2 is 2.47 bits per heavy atom. The van der Waals surface area contributed by atoms with Gasteiger partial charge >= 0.3 is 0 Å². The Hall–Kier alpha value is -1.01. The SMILES string of the molecule is CCCSCC(=O)N1CCNCC1c1nccn1C. The molecule has 1 fully saturated rings. The lowest BCUT2D eigenvalue weighted by molar-refractivity contribution is -0.131. The molecule has 2 rings (SSSR count). The Bertz CT molecular complexity index is 421. The lowest BCUT2D eigenvalue weighted by Gasteiger charge is -2.35. The van der Waals surface area contributed by atoms with Crippen molar-refractivity contribution in [3.63, 3.8) is 0 Å². The van der Waals surface area contributed by atoms with Gasteiger partial charge in [0.15, 0.2) is 0 Å². The first-order valence-corrected chi connectivity index (χ1v) is 7.94. The molecule has 1 saturated heterocycles. The highest BCUT2D eigenvalue weighted by atomic mass is 32.2. The summed E-state index contributed by atoms with van der Waals surface area (Å²) in [5.74, 6) is 2.81. The molecule has 0 aromatic carbocycles. The van der Waals surface area contributed by atoms with Crippen molar-refractivity contribution in [2.45, 2.75) is 19.4 Å². The van der Waals surface area contributed by atoms with Crippen LogP contribution in [-0.2, 0) is 11.8 Å². The van der Waals surface area contributed by atoms with Gasteiger partial charge in [0.2, 0.25) is 5.91 Å². The number of hydrogen-bond acceptors (Lipinski definition) is 4.